The summed E-state index contributed by atoms with van der Waals surface area (Å²) in [5.41, 5.74) is 0.354. The highest BCUT2D eigenvalue weighted by Crippen LogP contribution is 2.13. The minimum absolute atomic E-state index is 0.0602. The molecule has 0 radical (unpaired) electrons. The van der Waals surface area contributed by atoms with Gasteiger partial charge >= 0.3 is 0 Å². The van der Waals surface area contributed by atoms with Gasteiger partial charge in [0.15, 0.2) is 0 Å². The van der Waals surface area contributed by atoms with E-state index in [1.54, 1.807) is 0 Å². The molecule has 0 aromatic heterocycles. The molecular formula is C10H14N2O5S. The maximum atomic E-state index is 11.6. The number of aliphatic hydroxyl groups is 1. The van der Waals surface area contributed by atoms with E-state index in [-0.39, 0.29) is 18.0 Å². The molecule has 1 rings (SSSR count). The van der Waals surface area contributed by atoms with Gasteiger partial charge in [-0.15, -0.1) is 0 Å². The molecule has 0 unspecified atom stereocenters. The maximum absolute atomic E-state index is 11.6. The summed E-state index contributed by atoms with van der Waals surface area (Å²) in [5, 5.41) is 19.4. The standard InChI is InChI=1S/C10H14N2O5S/c1-8(13)6-11-18(16,17)7-9-2-4-10(5-3-9)12(14)15/h2-5,8,11,13H,6-7H2,1H3/t8-/m0/s1. The lowest BCUT2D eigenvalue weighted by atomic mass is 10.2. The second kappa shape index (κ2) is 5.89. The van der Waals surface area contributed by atoms with Crippen LogP contribution in [0, 0.1) is 10.1 Å². The number of benzene rings is 1. The first kappa shape index (κ1) is 14.6. The smallest absolute Gasteiger partial charge is 0.269 e. The van der Waals surface area contributed by atoms with Gasteiger partial charge < -0.3 is 5.11 Å². The van der Waals surface area contributed by atoms with E-state index in [0.29, 0.717) is 5.56 Å². The summed E-state index contributed by atoms with van der Waals surface area (Å²) in [6.45, 7) is 1.41. The number of hydrogen-bond acceptors (Lipinski definition) is 5. The van der Waals surface area contributed by atoms with E-state index in [2.05, 4.69) is 4.72 Å². The minimum Gasteiger partial charge on any atom is -0.392 e. The van der Waals surface area contributed by atoms with E-state index in [0.717, 1.165) is 0 Å². The first-order chi connectivity index (χ1) is 8.30. The highest BCUT2D eigenvalue weighted by molar-refractivity contribution is 7.88. The van der Waals surface area contributed by atoms with Crippen LogP contribution in [-0.4, -0.2) is 31.1 Å². The topological polar surface area (TPSA) is 110 Å². The van der Waals surface area contributed by atoms with Crippen LogP contribution < -0.4 is 4.72 Å². The van der Waals surface area contributed by atoms with Gasteiger partial charge in [0.25, 0.3) is 5.69 Å². The van der Waals surface area contributed by atoms with Crippen molar-refractivity contribution in [2.45, 2.75) is 18.8 Å². The van der Waals surface area contributed by atoms with Gasteiger partial charge in [-0.25, -0.2) is 13.1 Å². The van der Waals surface area contributed by atoms with Crippen molar-refractivity contribution in [3.05, 3.63) is 39.9 Å². The lowest BCUT2D eigenvalue weighted by Crippen LogP contribution is -2.31. The normalized spacial score (nSPS) is 13.2. The number of hydrogen-bond donors (Lipinski definition) is 2. The molecule has 0 spiro atoms. The van der Waals surface area contributed by atoms with Crippen LogP contribution in [0.25, 0.3) is 0 Å². The molecule has 0 aliphatic carbocycles. The van der Waals surface area contributed by atoms with Crippen LogP contribution in [0.15, 0.2) is 24.3 Å². The Bertz CT molecular complexity index is 510. The molecule has 0 saturated carbocycles. The molecule has 1 aromatic carbocycles. The number of rotatable bonds is 6. The highest BCUT2D eigenvalue weighted by atomic mass is 32.2. The quantitative estimate of drug-likeness (QED) is 0.576. The summed E-state index contributed by atoms with van der Waals surface area (Å²) in [4.78, 5) is 9.87. The lowest BCUT2D eigenvalue weighted by molar-refractivity contribution is -0.384. The number of nitrogens with one attached hydrogen (secondary N) is 1. The summed E-state index contributed by atoms with van der Waals surface area (Å²) in [6.07, 6.45) is -0.767. The summed E-state index contributed by atoms with van der Waals surface area (Å²) in [5.74, 6) is -0.280. The van der Waals surface area contributed by atoms with Crippen LogP contribution in [0.2, 0.25) is 0 Å². The van der Waals surface area contributed by atoms with Gasteiger partial charge in [0.1, 0.15) is 0 Å². The number of nitro benzene ring substituents is 1. The fourth-order valence-corrected chi connectivity index (χ4v) is 2.46. The SMILES string of the molecule is C[C@H](O)CNS(=O)(=O)Cc1ccc([N+](=O)[O-])cc1. The second-order valence-corrected chi connectivity index (χ2v) is 5.69. The van der Waals surface area contributed by atoms with E-state index in [9.17, 15) is 18.5 Å². The Hall–Kier alpha value is -1.51. The average Bonchev–Trinajstić information content (AvgIpc) is 2.27. The Morgan fingerprint density at radius 3 is 2.39 bits per heavy atom. The first-order valence-corrected chi connectivity index (χ1v) is 6.84. The fourth-order valence-electron chi connectivity index (χ4n) is 1.23. The van der Waals surface area contributed by atoms with E-state index in [1.165, 1.54) is 31.2 Å². The lowest BCUT2D eigenvalue weighted by Gasteiger charge is -2.08. The van der Waals surface area contributed by atoms with Crippen LogP contribution in [0.5, 0.6) is 0 Å². The van der Waals surface area contributed by atoms with Crippen molar-refractivity contribution < 1.29 is 18.4 Å². The van der Waals surface area contributed by atoms with Crippen LogP contribution in [0.3, 0.4) is 0 Å². The summed E-state index contributed by atoms with van der Waals surface area (Å²) < 4.78 is 25.4. The third-order valence-corrected chi connectivity index (χ3v) is 3.42. The molecule has 7 nitrogen and oxygen atoms in total. The summed E-state index contributed by atoms with van der Waals surface area (Å²) >= 11 is 0. The zero-order valence-electron chi connectivity index (χ0n) is 9.74. The maximum Gasteiger partial charge on any atom is 0.269 e. The molecule has 0 amide bonds. The van der Waals surface area contributed by atoms with Crippen molar-refractivity contribution in [3.63, 3.8) is 0 Å². The van der Waals surface area contributed by atoms with Crippen molar-refractivity contribution >= 4 is 15.7 Å². The van der Waals surface area contributed by atoms with Crippen LogP contribution in [0.1, 0.15) is 12.5 Å². The molecule has 0 aliphatic heterocycles. The Labute approximate surface area is 105 Å². The Morgan fingerprint density at radius 1 is 1.39 bits per heavy atom. The number of nitro groups is 1. The van der Waals surface area contributed by atoms with Gasteiger partial charge in [-0.3, -0.25) is 10.1 Å². The van der Waals surface area contributed by atoms with E-state index < -0.39 is 21.1 Å². The zero-order chi connectivity index (χ0) is 13.8. The first-order valence-electron chi connectivity index (χ1n) is 5.19. The van der Waals surface area contributed by atoms with Gasteiger partial charge in [-0.1, -0.05) is 12.1 Å². The van der Waals surface area contributed by atoms with Gasteiger partial charge in [-0.05, 0) is 12.5 Å². The molecule has 1 atom stereocenters. The molecule has 0 bridgehead atoms. The number of nitrogens with zero attached hydrogens (tertiary/aromatic N) is 1. The van der Waals surface area contributed by atoms with Gasteiger partial charge in [-0.2, -0.15) is 0 Å². The molecule has 1 aromatic rings. The third kappa shape index (κ3) is 4.78. The highest BCUT2D eigenvalue weighted by Gasteiger charge is 2.13. The largest absolute Gasteiger partial charge is 0.392 e. The monoisotopic (exact) mass is 274 g/mol. The zero-order valence-corrected chi connectivity index (χ0v) is 10.6. The van der Waals surface area contributed by atoms with Crippen molar-refractivity contribution in [2.75, 3.05) is 6.54 Å². The number of non-ortho nitro benzene ring substituents is 1. The molecule has 0 aliphatic rings. The Kier molecular flexibility index (Phi) is 4.76. The predicted molar refractivity (Wildman–Crippen MR) is 65.4 cm³/mol. The molecule has 0 saturated heterocycles. The average molecular weight is 274 g/mol. The fraction of sp³-hybridized carbons (Fsp3) is 0.400. The summed E-state index contributed by atoms with van der Waals surface area (Å²) in [6, 6.07) is 5.28. The van der Waals surface area contributed by atoms with E-state index in [1.807, 2.05) is 0 Å². The Morgan fingerprint density at radius 2 is 1.94 bits per heavy atom. The molecule has 0 fully saturated rings. The van der Waals surface area contributed by atoms with Gasteiger partial charge in [0, 0.05) is 18.7 Å². The van der Waals surface area contributed by atoms with Crippen LogP contribution in [-0.2, 0) is 15.8 Å². The van der Waals surface area contributed by atoms with E-state index >= 15 is 0 Å². The van der Waals surface area contributed by atoms with Gasteiger partial charge in [0.05, 0.1) is 16.8 Å². The molecule has 18 heavy (non-hydrogen) atoms. The molecule has 8 heteroatoms. The van der Waals surface area contributed by atoms with E-state index in [4.69, 9.17) is 5.11 Å². The van der Waals surface area contributed by atoms with Crippen molar-refractivity contribution in [3.8, 4) is 0 Å². The second-order valence-electron chi connectivity index (χ2n) is 3.88. The minimum atomic E-state index is -3.54. The Balaban J connectivity index is 2.69. The van der Waals surface area contributed by atoms with Crippen LogP contribution >= 0.6 is 0 Å². The van der Waals surface area contributed by atoms with Gasteiger partial charge in [0.2, 0.25) is 10.0 Å². The molecular weight excluding hydrogens is 260 g/mol. The van der Waals surface area contributed by atoms with Crippen LogP contribution in [0.4, 0.5) is 5.69 Å². The van der Waals surface area contributed by atoms with Crippen molar-refractivity contribution in [1.82, 2.24) is 4.72 Å². The number of aliphatic hydroxyl groups excluding tert-OH is 1. The third-order valence-electron chi connectivity index (χ3n) is 2.10. The molecule has 2 N–H and O–H groups in total. The predicted octanol–water partition coefficient (Wildman–Crippen LogP) is 0.395. The molecule has 100 valence electrons. The summed E-state index contributed by atoms with van der Waals surface area (Å²) in [7, 11) is -3.54. The molecule has 0 heterocycles. The number of sulfonamides is 1. The van der Waals surface area contributed by atoms with Crippen molar-refractivity contribution in [2.24, 2.45) is 0 Å². The van der Waals surface area contributed by atoms with Crippen molar-refractivity contribution in [1.29, 1.82) is 0 Å².